The van der Waals surface area contributed by atoms with Gasteiger partial charge in [-0.15, -0.1) is 10.2 Å². The van der Waals surface area contributed by atoms with Crippen LogP contribution in [-0.4, -0.2) is 67.1 Å². The van der Waals surface area contributed by atoms with Crippen LogP contribution >= 0.6 is 0 Å². The maximum atomic E-state index is 13.5. The maximum absolute atomic E-state index is 13.5. The number of rotatable bonds is 12. The molecule has 268 valence electrons. The molecule has 50 heavy (non-hydrogen) atoms. The second-order valence-corrected chi connectivity index (χ2v) is 14.8. The normalized spacial score (nSPS) is 16.4. The van der Waals surface area contributed by atoms with E-state index in [1.165, 1.54) is 0 Å². The van der Waals surface area contributed by atoms with E-state index in [1.807, 2.05) is 68.7 Å². The van der Waals surface area contributed by atoms with E-state index in [2.05, 4.69) is 81.7 Å². The Balaban J connectivity index is 1.30. The van der Waals surface area contributed by atoms with Crippen LogP contribution in [0.2, 0.25) is 0 Å². The third-order valence-corrected chi connectivity index (χ3v) is 9.90. The van der Waals surface area contributed by atoms with Crippen molar-refractivity contribution in [2.75, 3.05) is 25.5 Å². The van der Waals surface area contributed by atoms with Gasteiger partial charge in [0, 0.05) is 29.5 Å². The van der Waals surface area contributed by atoms with Crippen molar-refractivity contribution in [3.05, 3.63) is 77.1 Å². The van der Waals surface area contributed by atoms with Gasteiger partial charge in [-0.25, -0.2) is 14.8 Å². The van der Waals surface area contributed by atoms with Crippen LogP contribution in [0.3, 0.4) is 0 Å². The zero-order chi connectivity index (χ0) is 36.2. The summed E-state index contributed by atoms with van der Waals surface area (Å²) in [5.41, 5.74) is 2.85. The lowest BCUT2D eigenvalue weighted by Gasteiger charge is -2.34. The molecule has 0 aliphatic heterocycles. The first-order chi connectivity index (χ1) is 23.7. The van der Waals surface area contributed by atoms with E-state index in [0.29, 0.717) is 31.0 Å². The van der Waals surface area contributed by atoms with Gasteiger partial charge in [-0.1, -0.05) is 65.8 Å². The summed E-state index contributed by atoms with van der Waals surface area (Å²) in [5.74, 6) is 1.91. The van der Waals surface area contributed by atoms with E-state index in [-0.39, 0.29) is 40.6 Å². The highest BCUT2D eigenvalue weighted by atomic mass is 16.5. The average molecular weight is 684 g/mol. The molecule has 4 aromatic rings. The third kappa shape index (κ3) is 8.23. The van der Waals surface area contributed by atoms with Gasteiger partial charge in [0.05, 0.1) is 17.9 Å². The number of aromatic nitrogens is 5. The van der Waals surface area contributed by atoms with Crippen LogP contribution in [0.25, 0.3) is 5.65 Å². The fraction of sp³-hybridized carbons (Fsp3) is 0.526. The Morgan fingerprint density at radius 2 is 1.70 bits per heavy atom. The van der Waals surface area contributed by atoms with Crippen LogP contribution < -0.4 is 20.7 Å². The van der Waals surface area contributed by atoms with Crippen molar-refractivity contribution in [2.24, 2.45) is 0 Å². The van der Waals surface area contributed by atoms with Crippen molar-refractivity contribution >= 4 is 23.4 Å². The Morgan fingerprint density at radius 1 is 0.980 bits per heavy atom. The SMILES string of the molecule is CCC(CC)c1nnc2ccc(O[C@@H]3CC[C@H](NC(=O)Nc4cc(C(C)(C)C)nc(C(=O)NCC(C)(C)N(C)CC)n4)c4ccccc43)cn12. The van der Waals surface area contributed by atoms with Crippen molar-refractivity contribution in [3.8, 4) is 5.75 Å². The van der Waals surface area contributed by atoms with Crippen LogP contribution in [0.1, 0.15) is 132 Å². The van der Waals surface area contributed by atoms with Crippen molar-refractivity contribution in [1.29, 1.82) is 0 Å². The van der Waals surface area contributed by atoms with Gasteiger partial charge in [0.25, 0.3) is 5.91 Å². The first kappa shape index (κ1) is 36.7. The second kappa shape index (κ2) is 15.1. The summed E-state index contributed by atoms with van der Waals surface area (Å²) in [7, 11) is 2.02. The van der Waals surface area contributed by atoms with Crippen molar-refractivity contribution in [2.45, 2.75) is 110 Å². The molecule has 5 rings (SSSR count). The van der Waals surface area contributed by atoms with Gasteiger partial charge in [0.15, 0.2) is 5.65 Å². The molecule has 3 aromatic heterocycles. The summed E-state index contributed by atoms with van der Waals surface area (Å²) in [6.07, 6.45) is 5.16. The Kier molecular flexibility index (Phi) is 11.1. The highest BCUT2D eigenvalue weighted by Gasteiger charge is 2.30. The molecular formula is C38H53N9O3. The highest BCUT2D eigenvalue weighted by molar-refractivity contribution is 5.92. The molecule has 0 radical (unpaired) electrons. The molecule has 1 aromatic carbocycles. The minimum atomic E-state index is -0.410. The summed E-state index contributed by atoms with van der Waals surface area (Å²) >= 11 is 0. The molecule has 3 N–H and O–H groups in total. The third-order valence-electron chi connectivity index (χ3n) is 9.90. The van der Waals surface area contributed by atoms with Crippen LogP contribution in [0.4, 0.5) is 10.6 Å². The van der Waals surface area contributed by atoms with Gasteiger partial charge in [-0.3, -0.25) is 19.4 Å². The highest BCUT2D eigenvalue weighted by Crippen LogP contribution is 2.39. The molecule has 1 aliphatic carbocycles. The van der Waals surface area contributed by atoms with E-state index in [0.717, 1.165) is 47.7 Å². The number of carbonyl (C=O) groups excluding carboxylic acids is 2. The standard InChI is InChI=1S/C38H53N9O3/c1-10-24(11-2)34-45-44-32-20-17-25(22-47(32)34)50-29-19-18-28(26-15-13-14-16-27(26)29)40-36(49)43-31-21-30(37(4,5)6)41-33(42-31)35(48)39-23-38(7,8)46(9)12-3/h13-17,20-22,24,28-29H,10-12,18-19,23H2,1-9H3,(H,39,48)(H2,40,41,42,43,49)/t28-,29+/m0/s1. The molecule has 0 spiro atoms. The first-order valence-electron chi connectivity index (χ1n) is 17.8. The molecule has 2 atom stereocenters. The molecular weight excluding hydrogens is 630 g/mol. The van der Waals surface area contributed by atoms with Crippen LogP contribution in [0, 0.1) is 0 Å². The number of amides is 3. The van der Waals surface area contributed by atoms with Crippen LogP contribution in [0.15, 0.2) is 48.7 Å². The van der Waals surface area contributed by atoms with E-state index >= 15 is 0 Å². The summed E-state index contributed by atoms with van der Waals surface area (Å²) in [4.78, 5) is 37.9. The van der Waals surface area contributed by atoms with Gasteiger partial charge in [0.1, 0.15) is 23.5 Å². The predicted octanol–water partition coefficient (Wildman–Crippen LogP) is 6.96. The van der Waals surface area contributed by atoms with Gasteiger partial charge in [0.2, 0.25) is 5.82 Å². The number of urea groups is 1. The van der Waals surface area contributed by atoms with Crippen LogP contribution in [-0.2, 0) is 5.41 Å². The maximum Gasteiger partial charge on any atom is 0.320 e. The molecule has 0 saturated carbocycles. The number of nitrogens with one attached hydrogen (secondary N) is 3. The topological polar surface area (TPSA) is 139 Å². The minimum absolute atomic E-state index is 0.0161. The summed E-state index contributed by atoms with van der Waals surface area (Å²) in [6.45, 7) is 17.8. The van der Waals surface area contributed by atoms with Crippen molar-refractivity contribution in [1.82, 2.24) is 40.1 Å². The summed E-state index contributed by atoms with van der Waals surface area (Å²) < 4.78 is 8.63. The molecule has 0 bridgehead atoms. The zero-order valence-electron chi connectivity index (χ0n) is 31.0. The second-order valence-electron chi connectivity index (χ2n) is 14.8. The quantitative estimate of drug-likeness (QED) is 0.146. The van der Waals surface area contributed by atoms with E-state index in [4.69, 9.17) is 4.74 Å². The fourth-order valence-electron chi connectivity index (χ4n) is 6.32. The van der Waals surface area contributed by atoms with E-state index < -0.39 is 6.03 Å². The van der Waals surface area contributed by atoms with E-state index in [9.17, 15) is 9.59 Å². The van der Waals surface area contributed by atoms with E-state index in [1.54, 1.807) is 6.07 Å². The molecule has 1 aliphatic rings. The molecule has 12 nitrogen and oxygen atoms in total. The number of hydrogen-bond donors (Lipinski definition) is 3. The number of likely N-dealkylation sites (N-methyl/N-ethyl adjacent to an activating group) is 1. The Hall–Kier alpha value is -4.58. The molecule has 0 unspecified atom stereocenters. The number of ether oxygens (including phenoxy) is 1. The zero-order valence-corrected chi connectivity index (χ0v) is 31.0. The average Bonchev–Trinajstić information content (AvgIpc) is 3.51. The van der Waals surface area contributed by atoms with Gasteiger partial charge < -0.3 is 15.4 Å². The molecule has 12 heteroatoms. The Morgan fingerprint density at radius 3 is 2.38 bits per heavy atom. The largest absolute Gasteiger partial charge is 0.484 e. The Bertz CT molecular complexity index is 1810. The van der Waals surface area contributed by atoms with Gasteiger partial charge in [-0.2, -0.15) is 0 Å². The number of fused-ring (bicyclic) bond motifs is 2. The van der Waals surface area contributed by atoms with Gasteiger partial charge >= 0.3 is 6.03 Å². The van der Waals surface area contributed by atoms with Crippen molar-refractivity contribution < 1.29 is 14.3 Å². The van der Waals surface area contributed by atoms with Crippen molar-refractivity contribution in [3.63, 3.8) is 0 Å². The first-order valence-corrected chi connectivity index (χ1v) is 17.8. The summed E-state index contributed by atoms with van der Waals surface area (Å²) in [5, 5.41) is 17.8. The lowest BCUT2D eigenvalue weighted by Crippen LogP contribution is -2.50. The number of nitrogens with zero attached hydrogens (tertiary/aromatic N) is 6. The predicted molar refractivity (Wildman–Crippen MR) is 196 cm³/mol. The monoisotopic (exact) mass is 683 g/mol. The van der Waals surface area contributed by atoms with Crippen LogP contribution in [0.5, 0.6) is 5.75 Å². The fourth-order valence-corrected chi connectivity index (χ4v) is 6.32. The molecule has 3 amide bonds. The lowest BCUT2D eigenvalue weighted by molar-refractivity contribution is 0.0897. The lowest BCUT2D eigenvalue weighted by atomic mass is 9.85. The smallest absolute Gasteiger partial charge is 0.320 e. The van der Waals surface area contributed by atoms with Gasteiger partial charge in [-0.05, 0) is 76.4 Å². The number of pyridine rings is 1. The molecule has 0 saturated heterocycles. The number of anilines is 1. The number of benzene rings is 1. The summed E-state index contributed by atoms with van der Waals surface area (Å²) in [6, 6.07) is 13.0. The number of carbonyl (C=O) groups is 2. The Labute approximate surface area is 295 Å². The minimum Gasteiger partial charge on any atom is -0.484 e. The molecule has 0 fully saturated rings. The number of hydrogen-bond acceptors (Lipinski definition) is 8. The molecule has 3 heterocycles.